The van der Waals surface area contributed by atoms with Crippen LogP contribution in [0.5, 0.6) is 17.2 Å². The molecule has 0 radical (unpaired) electrons. The molecule has 3 rings (SSSR count). The van der Waals surface area contributed by atoms with Crippen LogP contribution in [-0.2, 0) is 11.2 Å². The van der Waals surface area contributed by atoms with E-state index in [1.54, 1.807) is 39.5 Å². The van der Waals surface area contributed by atoms with E-state index in [0.29, 0.717) is 48.2 Å². The molecule has 0 aliphatic rings. The van der Waals surface area contributed by atoms with E-state index in [1.165, 1.54) is 0 Å². The third kappa shape index (κ3) is 5.25. The van der Waals surface area contributed by atoms with E-state index in [9.17, 15) is 4.79 Å². The summed E-state index contributed by atoms with van der Waals surface area (Å²) in [6, 6.07) is 12.6. The number of ether oxygens (including phenoxy) is 3. The van der Waals surface area contributed by atoms with Gasteiger partial charge in [-0.3, -0.25) is 4.79 Å². The van der Waals surface area contributed by atoms with Gasteiger partial charge in [-0.25, -0.2) is 0 Å². The summed E-state index contributed by atoms with van der Waals surface area (Å²) in [5.74, 6) is 2.84. The largest absolute Gasteiger partial charge is 0.497 e. The van der Waals surface area contributed by atoms with Gasteiger partial charge < -0.3 is 24.1 Å². The Morgan fingerprint density at radius 1 is 1.00 bits per heavy atom. The Morgan fingerprint density at radius 2 is 1.72 bits per heavy atom. The summed E-state index contributed by atoms with van der Waals surface area (Å²) >= 11 is 0. The standard InChI is InChI=1S/C21H23N3O5/c1-26-15-9-7-14(8-10-15)21-23-20(29-24-21)6-4-5-19(25)22-17-12-11-16(27-2)13-18(17)28-3/h7-13H,4-6H2,1-3H3,(H,22,25). The van der Waals surface area contributed by atoms with Crippen LogP contribution in [0.25, 0.3) is 11.4 Å². The van der Waals surface area contributed by atoms with E-state index in [0.717, 1.165) is 11.3 Å². The number of hydrogen-bond acceptors (Lipinski definition) is 7. The molecule has 0 spiro atoms. The topological polar surface area (TPSA) is 95.7 Å². The van der Waals surface area contributed by atoms with Crippen LogP contribution in [0, 0.1) is 0 Å². The minimum absolute atomic E-state index is 0.122. The zero-order valence-electron chi connectivity index (χ0n) is 16.6. The smallest absolute Gasteiger partial charge is 0.226 e. The number of carbonyl (C=O) groups is 1. The normalized spacial score (nSPS) is 10.4. The summed E-state index contributed by atoms with van der Waals surface area (Å²) in [6.07, 6.45) is 1.40. The Morgan fingerprint density at radius 3 is 2.41 bits per heavy atom. The highest BCUT2D eigenvalue weighted by Gasteiger charge is 2.12. The molecule has 0 saturated heterocycles. The molecule has 3 aromatic rings. The van der Waals surface area contributed by atoms with Crippen molar-refractivity contribution in [3.63, 3.8) is 0 Å². The number of aromatic nitrogens is 2. The summed E-state index contributed by atoms with van der Waals surface area (Å²) in [5.41, 5.74) is 1.43. The molecule has 1 N–H and O–H groups in total. The first-order valence-electron chi connectivity index (χ1n) is 9.12. The second kappa shape index (κ2) is 9.59. The molecule has 0 aliphatic carbocycles. The van der Waals surface area contributed by atoms with E-state index < -0.39 is 0 Å². The van der Waals surface area contributed by atoms with Gasteiger partial charge in [-0.1, -0.05) is 5.16 Å². The summed E-state index contributed by atoms with van der Waals surface area (Å²) in [7, 11) is 4.73. The van der Waals surface area contributed by atoms with Crippen molar-refractivity contribution in [2.45, 2.75) is 19.3 Å². The fourth-order valence-electron chi connectivity index (χ4n) is 2.73. The first-order chi connectivity index (χ1) is 14.1. The van der Waals surface area contributed by atoms with E-state index in [1.807, 2.05) is 24.3 Å². The van der Waals surface area contributed by atoms with E-state index in [-0.39, 0.29) is 5.91 Å². The van der Waals surface area contributed by atoms with Gasteiger partial charge in [0.2, 0.25) is 17.6 Å². The average molecular weight is 397 g/mol. The average Bonchev–Trinajstić information content (AvgIpc) is 3.23. The Balaban J connectivity index is 1.51. The maximum absolute atomic E-state index is 12.2. The molecule has 0 unspecified atom stereocenters. The van der Waals surface area contributed by atoms with Gasteiger partial charge in [0, 0.05) is 24.5 Å². The summed E-state index contributed by atoms with van der Waals surface area (Å²) in [6.45, 7) is 0. The third-order valence-electron chi connectivity index (χ3n) is 4.29. The number of amides is 1. The lowest BCUT2D eigenvalue weighted by Gasteiger charge is -2.11. The highest BCUT2D eigenvalue weighted by atomic mass is 16.5. The van der Waals surface area contributed by atoms with Crippen molar-refractivity contribution in [3.05, 3.63) is 48.4 Å². The molecule has 2 aromatic carbocycles. The zero-order valence-corrected chi connectivity index (χ0v) is 16.6. The van der Waals surface area contributed by atoms with Crippen molar-refractivity contribution in [2.24, 2.45) is 0 Å². The quantitative estimate of drug-likeness (QED) is 0.588. The monoisotopic (exact) mass is 397 g/mol. The molecule has 1 amide bonds. The van der Waals surface area contributed by atoms with Gasteiger partial charge in [-0.2, -0.15) is 4.98 Å². The van der Waals surface area contributed by atoms with Crippen molar-refractivity contribution in [1.29, 1.82) is 0 Å². The molecule has 8 nitrogen and oxygen atoms in total. The molecule has 0 bridgehead atoms. The van der Waals surface area contributed by atoms with Crippen LogP contribution < -0.4 is 19.5 Å². The van der Waals surface area contributed by atoms with Gasteiger partial charge in [0.05, 0.1) is 27.0 Å². The lowest BCUT2D eigenvalue weighted by molar-refractivity contribution is -0.116. The number of aryl methyl sites for hydroxylation is 1. The molecule has 1 heterocycles. The third-order valence-corrected chi connectivity index (χ3v) is 4.29. The highest BCUT2D eigenvalue weighted by Crippen LogP contribution is 2.29. The van der Waals surface area contributed by atoms with Gasteiger partial charge in [-0.05, 0) is 42.8 Å². The predicted molar refractivity (Wildman–Crippen MR) is 107 cm³/mol. The number of hydrogen-bond donors (Lipinski definition) is 1. The first kappa shape index (κ1) is 20.2. The number of carbonyl (C=O) groups excluding carboxylic acids is 1. The van der Waals surface area contributed by atoms with E-state index in [4.69, 9.17) is 18.7 Å². The van der Waals surface area contributed by atoms with Crippen molar-refractivity contribution in [2.75, 3.05) is 26.6 Å². The number of methoxy groups -OCH3 is 3. The van der Waals surface area contributed by atoms with Gasteiger partial charge in [0.15, 0.2) is 0 Å². The summed E-state index contributed by atoms with van der Waals surface area (Å²) in [4.78, 5) is 16.6. The molecule has 29 heavy (non-hydrogen) atoms. The minimum atomic E-state index is -0.122. The number of benzene rings is 2. The Kier molecular flexibility index (Phi) is 6.67. The van der Waals surface area contributed by atoms with Crippen molar-refractivity contribution in [1.82, 2.24) is 10.1 Å². The lowest BCUT2D eigenvalue weighted by atomic mass is 10.2. The lowest BCUT2D eigenvalue weighted by Crippen LogP contribution is -2.12. The summed E-state index contributed by atoms with van der Waals surface area (Å²) in [5, 5.41) is 6.83. The van der Waals surface area contributed by atoms with Crippen molar-refractivity contribution >= 4 is 11.6 Å². The maximum Gasteiger partial charge on any atom is 0.226 e. The second-order valence-corrected chi connectivity index (χ2v) is 6.21. The summed E-state index contributed by atoms with van der Waals surface area (Å²) < 4.78 is 20.9. The SMILES string of the molecule is COc1ccc(-c2noc(CCCC(=O)Nc3ccc(OC)cc3OC)n2)cc1. The van der Waals surface area contributed by atoms with Gasteiger partial charge in [-0.15, -0.1) is 0 Å². The van der Waals surface area contributed by atoms with Gasteiger partial charge >= 0.3 is 0 Å². The highest BCUT2D eigenvalue weighted by molar-refractivity contribution is 5.92. The zero-order chi connectivity index (χ0) is 20.6. The molecular weight excluding hydrogens is 374 g/mol. The molecule has 8 heteroatoms. The van der Waals surface area contributed by atoms with Crippen LogP contribution in [-0.4, -0.2) is 37.4 Å². The van der Waals surface area contributed by atoms with Crippen LogP contribution in [0.2, 0.25) is 0 Å². The fraction of sp³-hybridized carbons (Fsp3) is 0.286. The van der Waals surface area contributed by atoms with Gasteiger partial charge in [0.25, 0.3) is 0 Å². The van der Waals surface area contributed by atoms with Crippen LogP contribution in [0.15, 0.2) is 47.0 Å². The molecular formula is C21H23N3O5. The van der Waals surface area contributed by atoms with Crippen LogP contribution in [0.1, 0.15) is 18.7 Å². The number of rotatable bonds is 9. The Bertz CT molecular complexity index is 953. The Hall–Kier alpha value is -3.55. The number of anilines is 1. The predicted octanol–water partition coefficient (Wildman–Crippen LogP) is 3.72. The second-order valence-electron chi connectivity index (χ2n) is 6.21. The fourth-order valence-corrected chi connectivity index (χ4v) is 2.73. The number of nitrogens with one attached hydrogen (secondary N) is 1. The van der Waals surface area contributed by atoms with E-state index >= 15 is 0 Å². The van der Waals surface area contributed by atoms with Gasteiger partial charge in [0.1, 0.15) is 17.2 Å². The van der Waals surface area contributed by atoms with Crippen LogP contribution in [0.4, 0.5) is 5.69 Å². The first-order valence-corrected chi connectivity index (χ1v) is 9.12. The van der Waals surface area contributed by atoms with Crippen molar-refractivity contribution in [3.8, 4) is 28.6 Å². The molecule has 152 valence electrons. The molecule has 0 atom stereocenters. The van der Waals surface area contributed by atoms with E-state index in [2.05, 4.69) is 15.5 Å². The number of nitrogens with zero attached hydrogens (tertiary/aromatic N) is 2. The molecule has 0 fully saturated rings. The van der Waals surface area contributed by atoms with Crippen LogP contribution in [0.3, 0.4) is 0 Å². The Labute approximate surface area is 168 Å². The molecule has 0 aliphatic heterocycles. The maximum atomic E-state index is 12.2. The molecule has 0 saturated carbocycles. The molecule has 1 aromatic heterocycles. The van der Waals surface area contributed by atoms with Crippen LogP contribution >= 0.6 is 0 Å². The minimum Gasteiger partial charge on any atom is -0.497 e. The van der Waals surface area contributed by atoms with Crippen molar-refractivity contribution < 1.29 is 23.5 Å².